The summed E-state index contributed by atoms with van der Waals surface area (Å²) in [5, 5.41) is -0.576. The molecule has 0 saturated heterocycles. The third kappa shape index (κ3) is 3.74. The number of carbonyl (C=O) groups excluding carboxylic acids is 1. The van der Waals surface area contributed by atoms with Gasteiger partial charge in [-0.2, -0.15) is 9.37 Å². The number of pyridine rings is 1. The summed E-state index contributed by atoms with van der Waals surface area (Å²) < 4.78 is 23.3. The Morgan fingerprint density at radius 2 is 1.90 bits per heavy atom. The van der Waals surface area contributed by atoms with Crippen LogP contribution in [0.5, 0.6) is 11.6 Å². The van der Waals surface area contributed by atoms with Gasteiger partial charge in [-0.1, -0.05) is 41.4 Å². The van der Waals surface area contributed by atoms with Gasteiger partial charge in [-0.3, -0.25) is 0 Å². The number of ether oxygens (including phenoxy) is 2. The molecule has 2 aromatic rings. The van der Waals surface area contributed by atoms with E-state index < -0.39 is 23.5 Å². The van der Waals surface area contributed by atoms with Crippen LogP contribution in [0.1, 0.15) is 0 Å². The summed E-state index contributed by atoms with van der Waals surface area (Å²) >= 11 is 11.3. The second-order valence-electron chi connectivity index (χ2n) is 3.83. The molecule has 0 atom stereocenters. The Labute approximate surface area is 129 Å². The Morgan fingerprint density at radius 1 is 1.24 bits per heavy atom. The quantitative estimate of drug-likeness (QED) is 0.529. The molecule has 2 rings (SSSR count). The summed E-state index contributed by atoms with van der Waals surface area (Å²) in [6.45, 7) is -0.512. The van der Waals surface area contributed by atoms with E-state index in [-0.39, 0.29) is 16.6 Å². The molecule has 0 saturated carbocycles. The fourth-order valence-electron chi connectivity index (χ4n) is 1.38. The van der Waals surface area contributed by atoms with Gasteiger partial charge in [0.05, 0.1) is 5.69 Å². The SMILES string of the molecule is Nc1c(Cl)c(F)nc(OCC(=O)Oc2ccccc2)c1Cl. The molecule has 0 spiro atoms. The van der Waals surface area contributed by atoms with Crippen molar-refractivity contribution < 1.29 is 18.7 Å². The molecule has 8 heteroatoms. The number of para-hydroxylation sites is 1. The van der Waals surface area contributed by atoms with Crippen LogP contribution < -0.4 is 15.2 Å². The van der Waals surface area contributed by atoms with Gasteiger partial charge in [0.1, 0.15) is 15.8 Å². The molecule has 21 heavy (non-hydrogen) atoms. The summed E-state index contributed by atoms with van der Waals surface area (Å²) in [5.74, 6) is -1.72. The number of halogens is 3. The van der Waals surface area contributed by atoms with Crippen molar-refractivity contribution in [2.45, 2.75) is 0 Å². The smallest absolute Gasteiger partial charge is 0.349 e. The molecule has 1 heterocycles. The molecule has 0 unspecified atom stereocenters. The van der Waals surface area contributed by atoms with Crippen molar-refractivity contribution in [1.82, 2.24) is 4.98 Å². The highest BCUT2D eigenvalue weighted by Crippen LogP contribution is 2.35. The highest BCUT2D eigenvalue weighted by Gasteiger charge is 2.17. The van der Waals surface area contributed by atoms with Crippen LogP contribution in [0.2, 0.25) is 10.0 Å². The Kier molecular flexibility index (Phi) is 4.82. The molecule has 2 N–H and O–H groups in total. The molecule has 5 nitrogen and oxygen atoms in total. The van der Waals surface area contributed by atoms with Crippen molar-refractivity contribution in [1.29, 1.82) is 0 Å². The summed E-state index contributed by atoms with van der Waals surface area (Å²) in [4.78, 5) is 14.9. The van der Waals surface area contributed by atoms with Gasteiger partial charge in [0.15, 0.2) is 6.61 Å². The van der Waals surface area contributed by atoms with Crippen molar-refractivity contribution >= 4 is 34.9 Å². The Bertz CT molecular complexity index is 668. The van der Waals surface area contributed by atoms with E-state index >= 15 is 0 Å². The zero-order valence-electron chi connectivity index (χ0n) is 10.5. The highest BCUT2D eigenvalue weighted by molar-refractivity contribution is 6.39. The maximum Gasteiger partial charge on any atom is 0.349 e. The topological polar surface area (TPSA) is 74.4 Å². The lowest BCUT2D eigenvalue weighted by atomic mass is 10.3. The molecule has 0 fully saturated rings. The predicted octanol–water partition coefficient (Wildman–Crippen LogP) is 3.09. The van der Waals surface area contributed by atoms with Crippen LogP contribution in [0.25, 0.3) is 0 Å². The molecule has 1 aromatic heterocycles. The molecule has 0 aliphatic rings. The number of aromatic nitrogens is 1. The third-order valence-electron chi connectivity index (χ3n) is 2.34. The maximum absolute atomic E-state index is 13.3. The maximum atomic E-state index is 13.3. The van der Waals surface area contributed by atoms with Crippen LogP contribution in [0.3, 0.4) is 0 Å². The first-order valence-electron chi connectivity index (χ1n) is 5.67. The second-order valence-corrected chi connectivity index (χ2v) is 4.58. The van der Waals surface area contributed by atoms with Crippen molar-refractivity contribution in [3.8, 4) is 11.6 Å². The molecule has 110 valence electrons. The van der Waals surface area contributed by atoms with Crippen molar-refractivity contribution in [2.75, 3.05) is 12.3 Å². The fourth-order valence-corrected chi connectivity index (χ4v) is 1.76. The van der Waals surface area contributed by atoms with E-state index in [9.17, 15) is 9.18 Å². The molecule has 0 aliphatic carbocycles. The van der Waals surface area contributed by atoms with E-state index in [4.69, 9.17) is 38.4 Å². The van der Waals surface area contributed by atoms with Crippen LogP contribution in [0, 0.1) is 5.95 Å². The minimum absolute atomic E-state index is 0.172. The predicted molar refractivity (Wildman–Crippen MR) is 76.2 cm³/mol. The van der Waals surface area contributed by atoms with Crippen LogP contribution in [0.4, 0.5) is 10.1 Å². The van der Waals surface area contributed by atoms with Gasteiger partial charge in [-0.15, -0.1) is 0 Å². The Balaban J connectivity index is 2.02. The summed E-state index contributed by atoms with van der Waals surface area (Å²) in [6, 6.07) is 8.39. The lowest BCUT2D eigenvalue weighted by molar-refractivity contribution is -0.136. The number of rotatable bonds is 4. The molecule has 1 aromatic carbocycles. The lowest BCUT2D eigenvalue weighted by Crippen LogP contribution is -2.18. The first-order chi connectivity index (χ1) is 9.99. The van der Waals surface area contributed by atoms with Crippen molar-refractivity contribution in [2.24, 2.45) is 0 Å². The summed E-state index contributed by atoms with van der Waals surface area (Å²) in [7, 11) is 0. The van der Waals surface area contributed by atoms with Crippen LogP contribution in [-0.4, -0.2) is 17.6 Å². The molecule has 0 amide bonds. The van der Waals surface area contributed by atoms with Crippen LogP contribution in [0.15, 0.2) is 30.3 Å². The van der Waals surface area contributed by atoms with E-state index in [0.29, 0.717) is 5.75 Å². The molecule has 0 radical (unpaired) electrons. The fraction of sp³-hybridized carbons (Fsp3) is 0.0769. The van der Waals surface area contributed by atoms with Gasteiger partial charge in [0.25, 0.3) is 0 Å². The zero-order chi connectivity index (χ0) is 15.4. The largest absolute Gasteiger partial charge is 0.464 e. The minimum Gasteiger partial charge on any atom is -0.464 e. The number of nitrogen functional groups attached to an aromatic ring is 1. The van der Waals surface area contributed by atoms with E-state index in [1.165, 1.54) is 0 Å². The van der Waals surface area contributed by atoms with Crippen LogP contribution in [-0.2, 0) is 4.79 Å². The third-order valence-corrected chi connectivity index (χ3v) is 3.07. The van der Waals surface area contributed by atoms with Gasteiger partial charge in [-0.25, -0.2) is 4.79 Å². The second kappa shape index (κ2) is 6.60. The number of hydrogen-bond donors (Lipinski definition) is 1. The molecular formula is C13H9Cl2FN2O3. The Hall–Kier alpha value is -2.05. The zero-order valence-corrected chi connectivity index (χ0v) is 12.0. The lowest BCUT2D eigenvalue weighted by Gasteiger charge is -2.09. The summed E-state index contributed by atoms with van der Waals surface area (Å²) in [6.07, 6.45) is 0. The number of anilines is 1. The van der Waals surface area contributed by atoms with E-state index in [1.807, 2.05) is 0 Å². The van der Waals surface area contributed by atoms with E-state index in [1.54, 1.807) is 30.3 Å². The first-order valence-corrected chi connectivity index (χ1v) is 6.43. The van der Waals surface area contributed by atoms with Crippen molar-refractivity contribution in [3.05, 3.63) is 46.3 Å². The average molecular weight is 331 g/mol. The number of benzene rings is 1. The number of nitrogens with zero attached hydrogens (tertiary/aromatic N) is 1. The van der Waals surface area contributed by atoms with Crippen molar-refractivity contribution in [3.63, 3.8) is 0 Å². The molecule has 0 aliphatic heterocycles. The van der Waals surface area contributed by atoms with Gasteiger partial charge in [-0.05, 0) is 12.1 Å². The monoisotopic (exact) mass is 330 g/mol. The summed E-state index contributed by atoms with van der Waals surface area (Å²) in [5.41, 5.74) is 5.26. The average Bonchev–Trinajstić information content (AvgIpc) is 2.48. The normalized spacial score (nSPS) is 10.2. The van der Waals surface area contributed by atoms with Gasteiger partial charge in [0.2, 0.25) is 11.8 Å². The van der Waals surface area contributed by atoms with Gasteiger partial charge >= 0.3 is 5.97 Å². The standard InChI is InChI=1S/C13H9Cl2FN2O3/c14-9-11(17)10(15)13(18-12(9)16)20-6-8(19)21-7-4-2-1-3-5-7/h1-5H,6H2,(H2,17,18). The number of esters is 1. The number of nitrogens with two attached hydrogens (primary N) is 1. The molecular weight excluding hydrogens is 322 g/mol. The van der Waals surface area contributed by atoms with E-state index in [0.717, 1.165) is 0 Å². The van der Waals surface area contributed by atoms with Gasteiger partial charge in [0, 0.05) is 0 Å². The minimum atomic E-state index is -1.04. The van der Waals surface area contributed by atoms with Gasteiger partial charge < -0.3 is 15.2 Å². The molecule has 0 bridgehead atoms. The number of carbonyl (C=O) groups is 1. The van der Waals surface area contributed by atoms with E-state index in [2.05, 4.69) is 4.98 Å². The Morgan fingerprint density at radius 3 is 2.57 bits per heavy atom. The van der Waals surface area contributed by atoms with Crippen LogP contribution >= 0.6 is 23.2 Å². The number of hydrogen-bond acceptors (Lipinski definition) is 5. The first kappa shape index (κ1) is 15.3. The highest BCUT2D eigenvalue weighted by atomic mass is 35.5.